The van der Waals surface area contributed by atoms with Crippen LogP contribution in [0.15, 0.2) is 24.3 Å². The lowest BCUT2D eigenvalue weighted by molar-refractivity contribution is -0.118. The topological polar surface area (TPSA) is 29.5 Å². The standard InChI is InChI=1S/C12H17NO2/c1-4-5-12(14)13(2)10-6-8-11(15-3)9-7-10/h6-9H,4-5H2,1-3H3. The average Bonchev–Trinajstić information content (AvgIpc) is 2.28. The first kappa shape index (κ1) is 11.6. The van der Waals surface area contributed by atoms with Crippen molar-refractivity contribution in [2.75, 3.05) is 19.1 Å². The van der Waals surface area contributed by atoms with E-state index in [1.54, 1.807) is 19.1 Å². The van der Waals surface area contributed by atoms with E-state index in [0.717, 1.165) is 17.9 Å². The van der Waals surface area contributed by atoms with E-state index in [1.165, 1.54) is 0 Å². The summed E-state index contributed by atoms with van der Waals surface area (Å²) >= 11 is 0. The van der Waals surface area contributed by atoms with Gasteiger partial charge in [-0.2, -0.15) is 0 Å². The Morgan fingerprint density at radius 2 is 1.93 bits per heavy atom. The smallest absolute Gasteiger partial charge is 0.226 e. The molecule has 0 aromatic heterocycles. The fraction of sp³-hybridized carbons (Fsp3) is 0.417. The minimum atomic E-state index is 0.141. The molecular formula is C12H17NO2. The predicted octanol–water partition coefficient (Wildman–Crippen LogP) is 2.46. The summed E-state index contributed by atoms with van der Waals surface area (Å²) in [6.07, 6.45) is 1.46. The SMILES string of the molecule is CCCC(=O)N(C)c1ccc(OC)cc1. The van der Waals surface area contributed by atoms with Crippen molar-refractivity contribution in [2.24, 2.45) is 0 Å². The molecule has 1 aromatic carbocycles. The highest BCUT2D eigenvalue weighted by Crippen LogP contribution is 2.18. The van der Waals surface area contributed by atoms with Crippen molar-refractivity contribution in [3.63, 3.8) is 0 Å². The molecule has 82 valence electrons. The number of anilines is 1. The third-order valence-electron chi connectivity index (χ3n) is 2.30. The predicted molar refractivity (Wildman–Crippen MR) is 61.3 cm³/mol. The quantitative estimate of drug-likeness (QED) is 0.759. The molecule has 0 atom stereocenters. The molecule has 1 amide bonds. The number of nitrogens with zero attached hydrogens (tertiary/aromatic N) is 1. The number of hydrogen-bond donors (Lipinski definition) is 0. The second-order valence-corrected chi connectivity index (χ2v) is 3.40. The Morgan fingerprint density at radius 3 is 2.40 bits per heavy atom. The maximum atomic E-state index is 11.6. The first-order valence-corrected chi connectivity index (χ1v) is 5.09. The van der Waals surface area contributed by atoms with Gasteiger partial charge in [-0.25, -0.2) is 0 Å². The summed E-state index contributed by atoms with van der Waals surface area (Å²) in [7, 11) is 3.42. The molecule has 0 aliphatic rings. The lowest BCUT2D eigenvalue weighted by Crippen LogP contribution is -2.25. The molecule has 0 N–H and O–H groups in total. The van der Waals surface area contributed by atoms with Crippen LogP contribution in [0.1, 0.15) is 19.8 Å². The zero-order valence-electron chi connectivity index (χ0n) is 9.49. The van der Waals surface area contributed by atoms with E-state index < -0.39 is 0 Å². The van der Waals surface area contributed by atoms with Crippen LogP contribution in [-0.2, 0) is 4.79 Å². The molecule has 0 fully saturated rings. The van der Waals surface area contributed by atoms with Crippen molar-refractivity contribution in [2.45, 2.75) is 19.8 Å². The second-order valence-electron chi connectivity index (χ2n) is 3.40. The lowest BCUT2D eigenvalue weighted by atomic mass is 10.2. The van der Waals surface area contributed by atoms with E-state index in [2.05, 4.69) is 0 Å². The molecule has 0 saturated carbocycles. The molecule has 1 aromatic rings. The van der Waals surface area contributed by atoms with Crippen molar-refractivity contribution in [1.82, 2.24) is 0 Å². The number of amides is 1. The van der Waals surface area contributed by atoms with E-state index in [9.17, 15) is 4.79 Å². The van der Waals surface area contributed by atoms with Crippen molar-refractivity contribution in [1.29, 1.82) is 0 Å². The molecule has 0 heterocycles. The van der Waals surface area contributed by atoms with Crippen LogP contribution in [0, 0.1) is 0 Å². The number of carbonyl (C=O) groups is 1. The van der Waals surface area contributed by atoms with Gasteiger partial charge in [-0.15, -0.1) is 0 Å². The molecule has 3 nitrogen and oxygen atoms in total. The number of ether oxygens (including phenoxy) is 1. The van der Waals surface area contributed by atoms with Gasteiger partial charge in [-0.1, -0.05) is 6.92 Å². The Balaban J connectivity index is 2.73. The van der Waals surface area contributed by atoms with E-state index >= 15 is 0 Å². The number of rotatable bonds is 4. The average molecular weight is 207 g/mol. The molecule has 0 radical (unpaired) electrons. The molecule has 0 aliphatic carbocycles. The van der Waals surface area contributed by atoms with Crippen LogP contribution in [0.2, 0.25) is 0 Å². The summed E-state index contributed by atoms with van der Waals surface area (Å²) in [5.41, 5.74) is 0.897. The van der Waals surface area contributed by atoms with Crippen molar-refractivity contribution >= 4 is 11.6 Å². The van der Waals surface area contributed by atoms with Crippen molar-refractivity contribution in [3.05, 3.63) is 24.3 Å². The third-order valence-corrected chi connectivity index (χ3v) is 2.30. The third kappa shape index (κ3) is 2.98. The van der Waals surface area contributed by atoms with Crippen LogP contribution < -0.4 is 9.64 Å². The Morgan fingerprint density at radius 1 is 1.33 bits per heavy atom. The molecule has 0 bridgehead atoms. The second kappa shape index (κ2) is 5.39. The first-order valence-electron chi connectivity index (χ1n) is 5.09. The molecule has 15 heavy (non-hydrogen) atoms. The van der Waals surface area contributed by atoms with Gasteiger partial charge in [0.2, 0.25) is 5.91 Å². The van der Waals surface area contributed by atoms with Crippen LogP contribution in [0.4, 0.5) is 5.69 Å². The van der Waals surface area contributed by atoms with E-state index in [1.807, 2.05) is 31.2 Å². The highest BCUT2D eigenvalue weighted by atomic mass is 16.5. The van der Waals surface area contributed by atoms with Gasteiger partial charge in [0.05, 0.1) is 7.11 Å². The fourth-order valence-electron chi connectivity index (χ4n) is 1.33. The summed E-state index contributed by atoms with van der Waals surface area (Å²) in [5.74, 6) is 0.942. The van der Waals surface area contributed by atoms with Gasteiger partial charge in [0.25, 0.3) is 0 Å². The van der Waals surface area contributed by atoms with Crippen LogP contribution >= 0.6 is 0 Å². The van der Waals surface area contributed by atoms with Crippen molar-refractivity contribution in [3.8, 4) is 5.75 Å². The van der Waals surface area contributed by atoms with Crippen LogP contribution in [0.3, 0.4) is 0 Å². The van der Waals surface area contributed by atoms with Gasteiger partial charge < -0.3 is 9.64 Å². The van der Waals surface area contributed by atoms with Crippen LogP contribution in [0.25, 0.3) is 0 Å². The molecular weight excluding hydrogens is 190 g/mol. The zero-order valence-corrected chi connectivity index (χ0v) is 9.49. The van der Waals surface area contributed by atoms with E-state index in [4.69, 9.17) is 4.74 Å². The minimum absolute atomic E-state index is 0.141. The zero-order chi connectivity index (χ0) is 11.3. The summed E-state index contributed by atoms with van der Waals surface area (Å²) in [6.45, 7) is 2.00. The number of carbonyl (C=O) groups excluding carboxylic acids is 1. The van der Waals surface area contributed by atoms with Crippen molar-refractivity contribution < 1.29 is 9.53 Å². The largest absolute Gasteiger partial charge is 0.497 e. The summed E-state index contributed by atoms with van der Waals surface area (Å²) in [4.78, 5) is 13.3. The molecule has 1 rings (SSSR count). The Hall–Kier alpha value is -1.51. The minimum Gasteiger partial charge on any atom is -0.497 e. The molecule has 0 saturated heterocycles. The monoisotopic (exact) mass is 207 g/mol. The molecule has 3 heteroatoms. The molecule has 0 unspecified atom stereocenters. The van der Waals surface area contributed by atoms with E-state index in [-0.39, 0.29) is 5.91 Å². The lowest BCUT2D eigenvalue weighted by Gasteiger charge is -2.17. The molecule has 0 aliphatic heterocycles. The molecule has 0 spiro atoms. The number of methoxy groups -OCH3 is 1. The highest BCUT2D eigenvalue weighted by molar-refractivity contribution is 5.92. The van der Waals surface area contributed by atoms with Gasteiger partial charge in [-0.3, -0.25) is 4.79 Å². The van der Waals surface area contributed by atoms with Gasteiger partial charge in [0.15, 0.2) is 0 Å². The summed E-state index contributed by atoms with van der Waals surface area (Å²) in [6, 6.07) is 7.47. The Labute approximate surface area is 90.7 Å². The Bertz CT molecular complexity index is 319. The summed E-state index contributed by atoms with van der Waals surface area (Å²) in [5, 5.41) is 0. The normalized spacial score (nSPS) is 9.80. The van der Waals surface area contributed by atoms with E-state index in [0.29, 0.717) is 6.42 Å². The van der Waals surface area contributed by atoms with Crippen LogP contribution in [-0.4, -0.2) is 20.1 Å². The highest BCUT2D eigenvalue weighted by Gasteiger charge is 2.08. The van der Waals surface area contributed by atoms with Gasteiger partial charge in [0, 0.05) is 19.2 Å². The fourth-order valence-corrected chi connectivity index (χ4v) is 1.33. The maximum Gasteiger partial charge on any atom is 0.226 e. The number of benzene rings is 1. The maximum absolute atomic E-state index is 11.6. The first-order chi connectivity index (χ1) is 7.19. The van der Waals surface area contributed by atoms with Gasteiger partial charge >= 0.3 is 0 Å². The van der Waals surface area contributed by atoms with Gasteiger partial charge in [0.1, 0.15) is 5.75 Å². The van der Waals surface area contributed by atoms with Gasteiger partial charge in [-0.05, 0) is 30.7 Å². The Kier molecular flexibility index (Phi) is 4.16. The summed E-state index contributed by atoms with van der Waals surface area (Å²) < 4.78 is 5.05. The van der Waals surface area contributed by atoms with Crippen LogP contribution in [0.5, 0.6) is 5.75 Å². The number of hydrogen-bond acceptors (Lipinski definition) is 2.